The molecule has 2 amide bonds. The predicted molar refractivity (Wildman–Crippen MR) is 54.7 cm³/mol. The molecule has 0 saturated carbocycles. The fourth-order valence-corrected chi connectivity index (χ4v) is 1.72. The van der Waals surface area contributed by atoms with E-state index in [1.807, 2.05) is 0 Å². The molecule has 1 saturated heterocycles. The molecule has 2 N–H and O–H groups in total. The van der Waals surface area contributed by atoms with Gasteiger partial charge in [0.1, 0.15) is 6.04 Å². The number of amides is 2. The minimum Gasteiger partial charge on any atom is -0.465 e. The van der Waals surface area contributed by atoms with Gasteiger partial charge in [0.15, 0.2) is 0 Å². The number of β-lactam (4-membered cyclic amide) rings is 1. The van der Waals surface area contributed by atoms with E-state index in [2.05, 4.69) is 10.3 Å². The zero-order chi connectivity index (χ0) is 11.7. The summed E-state index contributed by atoms with van der Waals surface area (Å²) in [5, 5.41) is 11.5. The van der Waals surface area contributed by atoms with Gasteiger partial charge >= 0.3 is 6.09 Å². The van der Waals surface area contributed by atoms with Crippen LogP contribution in [0.5, 0.6) is 0 Å². The fraction of sp³-hybridized carbons (Fsp3) is 0.300. The molecule has 0 aromatic carbocycles. The van der Waals surface area contributed by atoms with Gasteiger partial charge in [-0.25, -0.2) is 4.79 Å². The van der Waals surface area contributed by atoms with E-state index in [1.54, 1.807) is 24.5 Å². The van der Waals surface area contributed by atoms with E-state index in [1.165, 1.54) is 7.05 Å². The third kappa shape index (κ3) is 1.58. The highest BCUT2D eigenvalue weighted by molar-refractivity contribution is 5.92. The quantitative estimate of drug-likeness (QED) is 0.700. The maximum atomic E-state index is 11.3. The highest BCUT2D eigenvalue weighted by Crippen LogP contribution is 2.27. The van der Waals surface area contributed by atoms with Gasteiger partial charge in [-0.15, -0.1) is 0 Å². The van der Waals surface area contributed by atoms with Gasteiger partial charge in [-0.1, -0.05) is 6.07 Å². The average molecular weight is 221 g/mol. The highest BCUT2D eigenvalue weighted by atomic mass is 16.4. The van der Waals surface area contributed by atoms with Crippen molar-refractivity contribution in [2.24, 2.45) is 0 Å². The topological polar surface area (TPSA) is 82.5 Å². The van der Waals surface area contributed by atoms with Crippen molar-refractivity contribution in [2.75, 3.05) is 7.05 Å². The molecule has 1 aromatic rings. The first-order chi connectivity index (χ1) is 7.61. The van der Waals surface area contributed by atoms with Crippen LogP contribution in [0.1, 0.15) is 11.6 Å². The molecule has 0 radical (unpaired) electrons. The molecule has 6 heteroatoms. The molecule has 2 heterocycles. The van der Waals surface area contributed by atoms with Crippen LogP contribution < -0.4 is 5.32 Å². The fourth-order valence-electron chi connectivity index (χ4n) is 1.72. The van der Waals surface area contributed by atoms with Gasteiger partial charge in [0.25, 0.3) is 0 Å². The van der Waals surface area contributed by atoms with E-state index < -0.39 is 12.1 Å². The molecule has 84 valence electrons. The minimum atomic E-state index is -1.12. The summed E-state index contributed by atoms with van der Waals surface area (Å²) in [7, 11) is 1.38. The van der Waals surface area contributed by atoms with Crippen LogP contribution in [0.3, 0.4) is 0 Å². The summed E-state index contributed by atoms with van der Waals surface area (Å²) in [6, 6.07) is 2.58. The van der Waals surface area contributed by atoms with Crippen molar-refractivity contribution < 1.29 is 14.7 Å². The summed E-state index contributed by atoms with van der Waals surface area (Å²) in [6.07, 6.45) is 2.13. The minimum absolute atomic E-state index is 0.279. The summed E-state index contributed by atoms with van der Waals surface area (Å²) < 4.78 is 0. The number of hydrogen-bond donors (Lipinski definition) is 2. The Hall–Kier alpha value is -2.11. The Bertz CT molecular complexity index is 421. The van der Waals surface area contributed by atoms with Gasteiger partial charge in [0.2, 0.25) is 5.91 Å². The summed E-state index contributed by atoms with van der Waals surface area (Å²) in [6.45, 7) is 0. The number of likely N-dealkylation sites (N-methyl/N-ethyl adjacent to an activating group) is 1. The monoisotopic (exact) mass is 221 g/mol. The second-order valence-electron chi connectivity index (χ2n) is 3.61. The number of nitrogens with zero attached hydrogens (tertiary/aromatic N) is 2. The number of pyridine rings is 1. The Labute approximate surface area is 91.9 Å². The number of rotatable bonds is 2. The smallest absolute Gasteiger partial charge is 0.407 e. The molecule has 1 aromatic heterocycles. The maximum Gasteiger partial charge on any atom is 0.407 e. The Balaban J connectivity index is 2.19. The van der Waals surface area contributed by atoms with E-state index in [-0.39, 0.29) is 11.9 Å². The molecule has 16 heavy (non-hydrogen) atoms. The van der Waals surface area contributed by atoms with Crippen LogP contribution in [0.2, 0.25) is 0 Å². The first-order valence-electron chi connectivity index (χ1n) is 4.77. The molecule has 1 unspecified atom stereocenters. The summed E-state index contributed by atoms with van der Waals surface area (Å²) in [4.78, 5) is 27.1. The Kier molecular flexibility index (Phi) is 2.47. The molecule has 2 rings (SSSR count). The van der Waals surface area contributed by atoms with E-state index in [0.29, 0.717) is 0 Å². The van der Waals surface area contributed by atoms with Crippen LogP contribution in [0.4, 0.5) is 4.79 Å². The Morgan fingerprint density at radius 1 is 1.62 bits per heavy atom. The number of aromatic nitrogens is 1. The van der Waals surface area contributed by atoms with Gasteiger partial charge in [-0.2, -0.15) is 0 Å². The Morgan fingerprint density at radius 3 is 2.88 bits per heavy atom. The molecule has 6 nitrogen and oxygen atoms in total. The Morgan fingerprint density at radius 2 is 2.38 bits per heavy atom. The zero-order valence-electron chi connectivity index (χ0n) is 8.62. The molecular weight excluding hydrogens is 210 g/mol. The lowest BCUT2D eigenvalue weighted by Gasteiger charge is -2.40. The van der Waals surface area contributed by atoms with E-state index >= 15 is 0 Å². The van der Waals surface area contributed by atoms with Crippen LogP contribution in [-0.4, -0.2) is 40.1 Å². The van der Waals surface area contributed by atoms with Crippen LogP contribution >= 0.6 is 0 Å². The number of carbonyl (C=O) groups is 2. The highest BCUT2D eigenvalue weighted by Gasteiger charge is 2.44. The lowest BCUT2D eigenvalue weighted by atomic mass is 9.92. The van der Waals surface area contributed by atoms with Gasteiger partial charge in [0, 0.05) is 19.4 Å². The van der Waals surface area contributed by atoms with Crippen molar-refractivity contribution in [1.82, 2.24) is 15.2 Å². The van der Waals surface area contributed by atoms with Crippen LogP contribution in [0.15, 0.2) is 24.5 Å². The number of nitrogens with one attached hydrogen (secondary N) is 1. The molecular formula is C10H11N3O3. The van der Waals surface area contributed by atoms with E-state index in [0.717, 1.165) is 10.5 Å². The molecule has 0 bridgehead atoms. The van der Waals surface area contributed by atoms with Gasteiger partial charge < -0.3 is 10.4 Å². The van der Waals surface area contributed by atoms with Crippen molar-refractivity contribution in [2.45, 2.75) is 12.1 Å². The zero-order valence-corrected chi connectivity index (χ0v) is 8.62. The van der Waals surface area contributed by atoms with E-state index in [4.69, 9.17) is 5.11 Å². The second kappa shape index (κ2) is 3.80. The predicted octanol–water partition coefficient (Wildman–Crippen LogP) is 0.231. The number of carboxylic acid groups (broad SMARTS) is 1. The van der Waals surface area contributed by atoms with Crippen LogP contribution in [-0.2, 0) is 4.79 Å². The van der Waals surface area contributed by atoms with Crippen LogP contribution in [0.25, 0.3) is 0 Å². The molecule has 1 fully saturated rings. The third-order valence-corrected chi connectivity index (χ3v) is 2.64. The third-order valence-electron chi connectivity index (χ3n) is 2.64. The van der Waals surface area contributed by atoms with Crippen molar-refractivity contribution >= 4 is 12.0 Å². The average Bonchev–Trinajstić information content (AvgIpc) is 2.26. The normalized spacial score (nSPS) is 23.2. The largest absolute Gasteiger partial charge is 0.465 e. The molecule has 0 spiro atoms. The first kappa shape index (κ1) is 10.4. The number of hydrogen-bond acceptors (Lipinski definition) is 3. The van der Waals surface area contributed by atoms with Crippen LogP contribution in [0, 0.1) is 0 Å². The van der Waals surface area contributed by atoms with Gasteiger partial charge in [-0.05, 0) is 11.6 Å². The molecule has 1 aliphatic heterocycles. The summed E-state index contributed by atoms with van der Waals surface area (Å²) >= 11 is 0. The number of carbonyl (C=O) groups excluding carboxylic acids is 1. The lowest BCUT2D eigenvalue weighted by Crippen LogP contribution is -2.63. The SMILES string of the molecule is CN(C(=O)O)[C@@H]1C(=O)NC1c1cccnc1. The standard InChI is InChI=1S/C10H11N3O3/c1-13(10(15)16)8-7(12-9(8)14)6-3-2-4-11-5-6/h2-5,7-8H,1H3,(H,12,14)(H,15,16)/t7?,8-/m0/s1. The van der Waals surface area contributed by atoms with Gasteiger partial charge in [-0.3, -0.25) is 14.7 Å². The lowest BCUT2D eigenvalue weighted by molar-refractivity contribution is -0.135. The summed E-state index contributed by atoms with van der Waals surface area (Å²) in [5.74, 6) is -0.279. The first-order valence-corrected chi connectivity index (χ1v) is 4.77. The van der Waals surface area contributed by atoms with Crippen molar-refractivity contribution in [3.05, 3.63) is 30.1 Å². The van der Waals surface area contributed by atoms with Gasteiger partial charge in [0.05, 0.1) is 6.04 Å². The van der Waals surface area contributed by atoms with Crippen molar-refractivity contribution in [3.63, 3.8) is 0 Å². The van der Waals surface area contributed by atoms with E-state index in [9.17, 15) is 9.59 Å². The summed E-state index contributed by atoms with van der Waals surface area (Å²) in [5.41, 5.74) is 0.806. The maximum absolute atomic E-state index is 11.3. The van der Waals surface area contributed by atoms with Crippen molar-refractivity contribution in [1.29, 1.82) is 0 Å². The molecule has 0 aliphatic carbocycles. The molecule has 1 aliphatic rings. The molecule has 2 atom stereocenters. The van der Waals surface area contributed by atoms with Crippen molar-refractivity contribution in [3.8, 4) is 0 Å². The second-order valence-corrected chi connectivity index (χ2v) is 3.61.